The number of benzene rings is 4. The van der Waals surface area contributed by atoms with Gasteiger partial charge in [0.2, 0.25) is 0 Å². The molecule has 0 saturated heterocycles. The van der Waals surface area contributed by atoms with Crippen molar-refractivity contribution in [3.63, 3.8) is 0 Å². The maximum absolute atomic E-state index is 16.1. The third kappa shape index (κ3) is 4.70. The van der Waals surface area contributed by atoms with Crippen LogP contribution in [0.2, 0.25) is 0 Å². The van der Waals surface area contributed by atoms with Crippen LogP contribution in [0.25, 0.3) is 24.3 Å². The Kier molecular flexibility index (Phi) is 9.42. The van der Waals surface area contributed by atoms with Crippen LogP contribution in [0.15, 0.2) is 26.3 Å². The maximum Gasteiger partial charge on any atom is 0.169 e. The van der Waals surface area contributed by atoms with Gasteiger partial charge in [0.25, 0.3) is 0 Å². The third-order valence-corrected chi connectivity index (χ3v) is 7.51. The van der Waals surface area contributed by atoms with Gasteiger partial charge in [0.1, 0.15) is 0 Å². The van der Waals surface area contributed by atoms with Gasteiger partial charge in [-0.05, 0) is 0 Å². The molecule has 0 aliphatic rings. The second kappa shape index (κ2) is 12.6. The number of hydrogen-bond acceptors (Lipinski definition) is 0. The van der Waals surface area contributed by atoms with Crippen LogP contribution in [0.1, 0.15) is 44.5 Å². The molecule has 256 valence electrons. The van der Waals surface area contributed by atoms with Crippen molar-refractivity contribution in [1.29, 1.82) is 0 Å². The normalized spacial score (nSPS) is 11.6. The molecule has 0 spiro atoms. The van der Waals surface area contributed by atoms with Gasteiger partial charge >= 0.3 is 0 Å². The molecule has 0 N–H and O–H groups in total. The van der Waals surface area contributed by atoms with E-state index in [0.29, 0.717) is 0 Å². The molecular formula is C33H12F16. The summed E-state index contributed by atoms with van der Waals surface area (Å²) in [5.41, 5.74) is -25.5. The fraction of sp³-hybridized carbons (Fsp3) is 0.0303. The first kappa shape index (κ1) is 36.6. The Morgan fingerprint density at radius 3 is 0.469 bits per heavy atom. The second-order valence-electron chi connectivity index (χ2n) is 9.74. The van der Waals surface area contributed by atoms with Crippen LogP contribution < -0.4 is 0 Å². The highest BCUT2D eigenvalue weighted by atomic mass is 19.2. The molecule has 0 nitrogen and oxygen atoms in total. The van der Waals surface area contributed by atoms with E-state index < -0.39 is 143 Å². The van der Waals surface area contributed by atoms with E-state index in [4.69, 9.17) is 0 Å². The minimum absolute atomic E-state index is 0.0143. The number of hydrogen-bond donors (Lipinski definition) is 0. The lowest BCUT2D eigenvalue weighted by molar-refractivity contribution is 0.354. The van der Waals surface area contributed by atoms with Crippen molar-refractivity contribution >= 4 is 24.3 Å². The lowest BCUT2D eigenvalue weighted by atomic mass is 9.62. The molecule has 0 amide bonds. The molecule has 0 unspecified atom stereocenters. The van der Waals surface area contributed by atoms with E-state index >= 15 is 70.2 Å². The summed E-state index contributed by atoms with van der Waals surface area (Å²) in [6.45, 7) is 11.3. The first-order chi connectivity index (χ1) is 22.9. The molecule has 0 fully saturated rings. The van der Waals surface area contributed by atoms with Gasteiger partial charge in [-0.1, -0.05) is 50.6 Å². The standard InChI is InChI=1S/C33H12F16/c1-5-9-17(34)25(42)13(26(43)18(9)35)33(14-27(44)19(36)10(6-2)20(37)28(14)45,15-29(46)21(38)11(7-3)22(39)30(15)47)16-31(48)23(40)12(8-4)24(41)32(16)49/h5-8H,1-4H2. The molecular weight excluding hydrogens is 700 g/mol. The fourth-order valence-electron chi connectivity index (χ4n) is 5.38. The van der Waals surface area contributed by atoms with Crippen molar-refractivity contribution in [3.05, 3.63) is 164 Å². The summed E-state index contributed by atoms with van der Waals surface area (Å²) in [7, 11) is 0. The Bertz CT molecular complexity index is 1740. The molecule has 4 rings (SSSR count). The summed E-state index contributed by atoms with van der Waals surface area (Å²) in [5.74, 6) is -47.8. The Balaban J connectivity index is 2.73. The monoisotopic (exact) mass is 712 g/mol. The maximum atomic E-state index is 16.1. The van der Waals surface area contributed by atoms with Gasteiger partial charge in [0.15, 0.2) is 93.1 Å². The zero-order chi connectivity index (χ0) is 37.2. The largest absolute Gasteiger partial charge is 0.203 e. The second-order valence-corrected chi connectivity index (χ2v) is 9.74. The van der Waals surface area contributed by atoms with Gasteiger partial charge < -0.3 is 0 Å². The van der Waals surface area contributed by atoms with E-state index in [1.165, 1.54) is 0 Å². The highest BCUT2D eigenvalue weighted by Crippen LogP contribution is 2.55. The number of rotatable bonds is 8. The van der Waals surface area contributed by atoms with Crippen LogP contribution in [0.3, 0.4) is 0 Å². The molecule has 0 bridgehead atoms. The van der Waals surface area contributed by atoms with Crippen molar-refractivity contribution in [3.8, 4) is 0 Å². The highest BCUT2D eigenvalue weighted by molar-refractivity contribution is 5.68. The molecule has 0 atom stereocenters. The molecule has 0 aromatic heterocycles. The van der Waals surface area contributed by atoms with E-state index in [-0.39, 0.29) is 24.3 Å². The topological polar surface area (TPSA) is 0 Å². The molecule has 0 saturated carbocycles. The van der Waals surface area contributed by atoms with Gasteiger partial charge in [0.05, 0.1) is 27.7 Å². The van der Waals surface area contributed by atoms with E-state index in [9.17, 15) is 0 Å². The summed E-state index contributed by atoms with van der Waals surface area (Å²) in [6.07, 6.45) is 0.0572. The van der Waals surface area contributed by atoms with Gasteiger partial charge in [-0.15, -0.1) is 0 Å². The molecule has 4 aromatic carbocycles. The first-order valence-corrected chi connectivity index (χ1v) is 12.8. The minimum atomic E-state index is -5.57. The highest BCUT2D eigenvalue weighted by Gasteiger charge is 2.57. The van der Waals surface area contributed by atoms with E-state index in [0.717, 1.165) is 0 Å². The predicted octanol–water partition coefficient (Wildman–Crippen LogP) is 10.9. The third-order valence-electron chi connectivity index (χ3n) is 7.51. The van der Waals surface area contributed by atoms with Crippen molar-refractivity contribution < 1.29 is 70.2 Å². The first-order valence-electron chi connectivity index (χ1n) is 12.8. The van der Waals surface area contributed by atoms with Gasteiger partial charge in [0, 0.05) is 22.3 Å². The van der Waals surface area contributed by atoms with Gasteiger partial charge in [-0.2, -0.15) is 0 Å². The van der Waals surface area contributed by atoms with Crippen molar-refractivity contribution in [2.24, 2.45) is 0 Å². The molecule has 0 aliphatic carbocycles. The molecule has 49 heavy (non-hydrogen) atoms. The van der Waals surface area contributed by atoms with Crippen LogP contribution in [0.4, 0.5) is 70.2 Å². The Labute approximate surface area is 264 Å². The smallest absolute Gasteiger partial charge is 0.169 e. The zero-order valence-corrected chi connectivity index (χ0v) is 23.7. The summed E-state index contributed by atoms with van der Waals surface area (Å²) in [6, 6.07) is 0. The average molecular weight is 712 g/mol. The summed E-state index contributed by atoms with van der Waals surface area (Å²) in [5, 5.41) is 0. The van der Waals surface area contributed by atoms with E-state index in [1.54, 1.807) is 0 Å². The Morgan fingerprint density at radius 1 is 0.245 bits per heavy atom. The van der Waals surface area contributed by atoms with Crippen LogP contribution in [0.5, 0.6) is 0 Å². The van der Waals surface area contributed by atoms with Crippen LogP contribution in [-0.4, -0.2) is 0 Å². The number of halogens is 16. The summed E-state index contributed by atoms with van der Waals surface area (Å²) in [4.78, 5) is 0. The molecule has 4 aromatic rings. The van der Waals surface area contributed by atoms with Crippen molar-refractivity contribution in [2.75, 3.05) is 0 Å². The van der Waals surface area contributed by atoms with Gasteiger partial charge in [-0.25, -0.2) is 70.2 Å². The average Bonchev–Trinajstić information content (AvgIpc) is 3.06. The lowest BCUT2D eigenvalue weighted by Crippen LogP contribution is -2.42. The van der Waals surface area contributed by atoms with Gasteiger partial charge in [-0.3, -0.25) is 0 Å². The summed E-state index contributed by atoms with van der Waals surface area (Å²) >= 11 is 0. The lowest BCUT2D eigenvalue weighted by Gasteiger charge is -2.38. The van der Waals surface area contributed by atoms with Crippen molar-refractivity contribution in [2.45, 2.75) is 5.41 Å². The van der Waals surface area contributed by atoms with Crippen LogP contribution >= 0.6 is 0 Å². The van der Waals surface area contributed by atoms with E-state index in [2.05, 4.69) is 26.3 Å². The Hall–Kier alpha value is -5.28. The van der Waals surface area contributed by atoms with Crippen molar-refractivity contribution in [1.82, 2.24) is 0 Å². The molecule has 0 radical (unpaired) electrons. The minimum Gasteiger partial charge on any atom is -0.203 e. The molecule has 0 heterocycles. The van der Waals surface area contributed by atoms with Crippen LogP contribution in [-0.2, 0) is 5.41 Å². The van der Waals surface area contributed by atoms with E-state index in [1.807, 2.05) is 0 Å². The Morgan fingerprint density at radius 2 is 0.367 bits per heavy atom. The fourth-order valence-corrected chi connectivity index (χ4v) is 5.38. The summed E-state index contributed by atoms with van der Waals surface area (Å²) < 4.78 is 251. The SMILES string of the molecule is C=Cc1c(F)c(F)c(C(c2c(F)c(F)c(C=C)c(F)c2F)(c2c(F)c(F)c(C=C)c(F)c2F)c2c(F)c(F)c(C=C)c(F)c2F)c(F)c1F. The molecule has 0 aliphatic heterocycles. The quantitative estimate of drug-likeness (QED) is 0.0970. The predicted molar refractivity (Wildman–Crippen MR) is 144 cm³/mol. The van der Waals surface area contributed by atoms with Crippen LogP contribution in [0, 0.1) is 93.1 Å². The molecule has 16 heteroatoms. The zero-order valence-electron chi connectivity index (χ0n) is 23.7.